The molecule has 8 heteroatoms. The Morgan fingerprint density at radius 2 is 2.13 bits per heavy atom. The zero-order chi connectivity index (χ0) is 17.0. The van der Waals surface area contributed by atoms with Crippen molar-refractivity contribution in [1.29, 1.82) is 0 Å². The SMILES string of the molecule is C=CCNC(=O)C1CCN(c2[nH+]cc(C(F)(F)F)cc2Cl)CC1. The zero-order valence-electron chi connectivity index (χ0n) is 12.4. The van der Waals surface area contributed by atoms with Gasteiger partial charge >= 0.3 is 6.18 Å². The first-order valence-corrected chi connectivity index (χ1v) is 7.62. The van der Waals surface area contributed by atoms with Gasteiger partial charge in [-0.2, -0.15) is 13.2 Å². The second-order valence-electron chi connectivity index (χ2n) is 5.38. The van der Waals surface area contributed by atoms with Gasteiger partial charge in [-0.1, -0.05) is 17.7 Å². The molecule has 2 N–H and O–H groups in total. The van der Waals surface area contributed by atoms with Gasteiger partial charge in [-0.15, -0.1) is 6.58 Å². The Morgan fingerprint density at radius 3 is 2.65 bits per heavy atom. The first-order valence-electron chi connectivity index (χ1n) is 7.25. The van der Waals surface area contributed by atoms with E-state index in [0.717, 1.165) is 12.3 Å². The maximum atomic E-state index is 12.6. The summed E-state index contributed by atoms with van der Waals surface area (Å²) in [6.07, 6.45) is -0.675. The lowest BCUT2D eigenvalue weighted by Crippen LogP contribution is -2.42. The number of aromatic amines is 1. The maximum absolute atomic E-state index is 12.6. The molecule has 0 spiro atoms. The van der Waals surface area contributed by atoms with E-state index in [1.165, 1.54) is 0 Å². The number of rotatable bonds is 4. The minimum absolute atomic E-state index is 0.0213. The summed E-state index contributed by atoms with van der Waals surface area (Å²) in [5.41, 5.74) is -0.815. The number of nitrogens with one attached hydrogen (secondary N) is 2. The van der Waals surface area contributed by atoms with Crippen LogP contribution in [0.2, 0.25) is 5.02 Å². The summed E-state index contributed by atoms with van der Waals surface area (Å²) in [4.78, 5) is 16.4. The monoisotopic (exact) mass is 348 g/mol. The summed E-state index contributed by atoms with van der Waals surface area (Å²) in [5.74, 6) is 0.330. The molecule has 1 aromatic rings. The van der Waals surface area contributed by atoms with E-state index in [-0.39, 0.29) is 16.8 Å². The normalized spacial score (nSPS) is 16.3. The Morgan fingerprint density at radius 1 is 1.48 bits per heavy atom. The van der Waals surface area contributed by atoms with Crippen molar-refractivity contribution in [2.75, 3.05) is 24.5 Å². The smallest absolute Gasteiger partial charge is 0.352 e. The number of aromatic nitrogens is 1. The van der Waals surface area contributed by atoms with E-state index in [1.807, 2.05) is 4.90 Å². The molecule has 2 rings (SSSR count). The molecule has 1 amide bonds. The second-order valence-corrected chi connectivity index (χ2v) is 5.79. The number of alkyl halides is 3. The number of carbonyl (C=O) groups is 1. The number of halogens is 4. The van der Waals surface area contributed by atoms with Crippen LogP contribution < -0.4 is 15.2 Å². The van der Waals surface area contributed by atoms with Gasteiger partial charge in [-0.05, 0) is 18.9 Å². The molecule has 0 bridgehead atoms. The second kappa shape index (κ2) is 7.21. The van der Waals surface area contributed by atoms with Crippen molar-refractivity contribution < 1.29 is 22.9 Å². The molecule has 0 radical (unpaired) electrons. The van der Waals surface area contributed by atoms with Crippen molar-refractivity contribution in [2.24, 2.45) is 5.92 Å². The van der Waals surface area contributed by atoms with Crippen molar-refractivity contribution in [3.8, 4) is 0 Å². The number of hydrogen-bond acceptors (Lipinski definition) is 2. The molecule has 0 aromatic carbocycles. The van der Waals surface area contributed by atoms with E-state index in [1.54, 1.807) is 6.08 Å². The van der Waals surface area contributed by atoms with Crippen LogP contribution in [0.1, 0.15) is 18.4 Å². The molecule has 4 nitrogen and oxygen atoms in total. The number of carbonyl (C=O) groups excluding carboxylic acids is 1. The average Bonchev–Trinajstić information content (AvgIpc) is 2.52. The predicted molar refractivity (Wildman–Crippen MR) is 81.2 cm³/mol. The molecule has 0 atom stereocenters. The molecule has 1 aliphatic rings. The van der Waals surface area contributed by atoms with E-state index in [4.69, 9.17) is 11.6 Å². The summed E-state index contributed by atoms with van der Waals surface area (Å²) in [7, 11) is 0. The molecular weight excluding hydrogens is 331 g/mol. The number of amides is 1. The molecule has 1 aromatic heterocycles. The fraction of sp³-hybridized carbons (Fsp3) is 0.467. The van der Waals surface area contributed by atoms with Crippen LogP contribution in [0.25, 0.3) is 0 Å². The minimum atomic E-state index is -4.44. The standard InChI is InChI=1S/C15H17ClF3N3O/c1-2-5-20-14(23)10-3-6-22(7-4-10)13-12(16)8-11(9-21-13)15(17,18)19/h2,8-10H,1,3-7H2,(H,20,23)/p+1. The highest BCUT2D eigenvalue weighted by atomic mass is 35.5. The van der Waals surface area contributed by atoms with Gasteiger partial charge in [0.2, 0.25) is 5.91 Å². The van der Waals surface area contributed by atoms with Crippen LogP contribution in [0.5, 0.6) is 0 Å². The van der Waals surface area contributed by atoms with E-state index in [9.17, 15) is 18.0 Å². The third kappa shape index (κ3) is 4.37. The number of hydrogen-bond donors (Lipinski definition) is 1. The van der Waals surface area contributed by atoms with Crippen LogP contribution in [0, 0.1) is 5.92 Å². The molecular formula is C15H18ClF3N3O+. The van der Waals surface area contributed by atoms with Gasteiger partial charge < -0.3 is 5.32 Å². The molecule has 0 unspecified atom stereocenters. The van der Waals surface area contributed by atoms with Crippen molar-refractivity contribution in [2.45, 2.75) is 19.0 Å². The lowest BCUT2D eigenvalue weighted by molar-refractivity contribution is -0.367. The Kier molecular flexibility index (Phi) is 5.51. The van der Waals surface area contributed by atoms with Gasteiger partial charge in [-0.3, -0.25) is 9.69 Å². The van der Waals surface area contributed by atoms with Crippen LogP contribution in [0.3, 0.4) is 0 Å². The Balaban J connectivity index is 2.00. The van der Waals surface area contributed by atoms with Crippen LogP contribution in [0.15, 0.2) is 24.9 Å². The molecule has 1 fully saturated rings. The number of piperidine rings is 1. The number of anilines is 1. The molecule has 0 saturated carbocycles. The summed E-state index contributed by atoms with van der Waals surface area (Å²) in [6, 6.07) is 0.913. The predicted octanol–water partition coefficient (Wildman–Crippen LogP) is 2.69. The number of H-pyrrole nitrogens is 1. The van der Waals surface area contributed by atoms with Crippen molar-refractivity contribution >= 4 is 23.3 Å². The highest BCUT2D eigenvalue weighted by Gasteiger charge is 2.35. The highest BCUT2D eigenvalue weighted by molar-refractivity contribution is 6.32. The Labute approximate surface area is 137 Å². The van der Waals surface area contributed by atoms with Gasteiger partial charge in [0, 0.05) is 12.5 Å². The summed E-state index contributed by atoms with van der Waals surface area (Å²) in [6.45, 7) is 5.07. The van der Waals surface area contributed by atoms with Crippen LogP contribution in [-0.4, -0.2) is 25.5 Å². The van der Waals surface area contributed by atoms with Crippen LogP contribution in [0.4, 0.5) is 19.0 Å². The first kappa shape index (κ1) is 17.6. The van der Waals surface area contributed by atoms with Gasteiger partial charge in [0.1, 0.15) is 11.2 Å². The van der Waals surface area contributed by atoms with Gasteiger partial charge in [0.25, 0.3) is 5.82 Å². The number of pyridine rings is 1. The fourth-order valence-corrected chi connectivity index (χ4v) is 2.84. The summed E-state index contributed by atoms with van der Waals surface area (Å²) < 4.78 is 37.9. The van der Waals surface area contributed by atoms with Gasteiger partial charge in [0.05, 0.1) is 18.7 Å². The fourth-order valence-electron chi connectivity index (χ4n) is 2.55. The van der Waals surface area contributed by atoms with Crippen molar-refractivity contribution in [3.05, 3.63) is 35.5 Å². The van der Waals surface area contributed by atoms with E-state index in [0.29, 0.717) is 38.3 Å². The summed E-state index contributed by atoms with van der Waals surface area (Å²) in [5, 5.41) is 2.78. The molecule has 1 saturated heterocycles. The number of nitrogens with zero attached hydrogens (tertiary/aromatic N) is 1. The Hall–Kier alpha value is -1.76. The third-order valence-electron chi connectivity index (χ3n) is 3.80. The first-order chi connectivity index (χ1) is 10.8. The summed E-state index contributed by atoms with van der Waals surface area (Å²) >= 11 is 5.97. The molecule has 0 aliphatic carbocycles. The van der Waals surface area contributed by atoms with Crippen LogP contribution >= 0.6 is 11.6 Å². The minimum Gasteiger partial charge on any atom is -0.352 e. The average molecular weight is 349 g/mol. The van der Waals surface area contributed by atoms with Gasteiger partial charge in [-0.25, -0.2) is 4.98 Å². The quantitative estimate of drug-likeness (QED) is 0.850. The zero-order valence-corrected chi connectivity index (χ0v) is 13.2. The lowest BCUT2D eigenvalue weighted by atomic mass is 9.96. The van der Waals surface area contributed by atoms with E-state index < -0.39 is 11.7 Å². The Bertz CT molecular complexity index is 584. The molecule has 23 heavy (non-hydrogen) atoms. The molecule has 126 valence electrons. The lowest BCUT2D eigenvalue weighted by Gasteiger charge is -2.27. The van der Waals surface area contributed by atoms with Crippen LogP contribution in [-0.2, 0) is 11.0 Å². The van der Waals surface area contributed by atoms with E-state index in [2.05, 4.69) is 16.9 Å². The maximum Gasteiger partial charge on any atom is 0.419 e. The third-order valence-corrected chi connectivity index (χ3v) is 4.09. The highest BCUT2D eigenvalue weighted by Crippen LogP contribution is 2.33. The molecule has 2 heterocycles. The largest absolute Gasteiger partial charge is 0.419 e. The topological polar surface area (TPSA) is 46.5 Å². The van der Waals surface area contributed by atoms with E-state index >= 15 is 0 Å². The van der Waals surface area contributed by atoms with Gasteiger partial charge in [0.15, 0.2) is 0 Å². The van der Waals surface area contributed by atoms with Crippen molar-refractivity contribution in [3.63, 3.8) is 0 Å². The van der Waals surface area contributed by atoms with Crippen molar-refractivity contribution in [1.82, 2.24) is 5.32 Å². The molecule has 1 aliphatic heterocycles.